The molecule has 0 N–H and O–H groups in total. The minimum absolute atomic E-state index is 0.0288. The number of benzene rings is 1. The first-order chi connectivity index (χ1) is 5.88. The van der Waals surface area contributed by atoms with Crippen LogP contribution in [-0.2, 0) is 4.57 Å². The highest BCUT2D eigenvalue weighted by atomic mass is 31.2. The van der Waals surface area contributed by atoms with Crippen LogP contribution in [0, 0.1) is 13.8 Å². The molecule has 0 bridgehead atoms. The number of hydrogen-bond donors (Lipinski definition) is 0. The lowest BCUT2D eigenvalue weighted by Gasteiger charge is -2.06. The molecule has 0 unspecified atom stereocenters. The summed E-state index contributed by atoms with van der Waals surface area (Å²) in [6.07, 6.45) is 0. The van der Waals surface area contributed by atoms with Gasteiger partial charge in [0, 0.05) is 0 Å². The maximum atomic E-state index is 12.0. The van der Waals surface area contributed by atoms with Crippen molar-refractivity contribution in [1.29, 1.82) is 0 Å². The second kappa shape index (κ2) is 3.46. The first-order valence-corrected chi connectivity index (χ1v) is 5.05. The highest BCUT2D eigenvalue weighted by Crippen LogP contribution is 2.50. The summed E-state index contributed by atoms with van der Waals surface area (Å²) in [6, 6.07) is 4.69. The number of hydrogen-bond acceptors (Lipinski definition) is 2. The monoisotopic (exact) mass is 206 g/mol. The van der Waals surface area contributed by atoms with Crippen LogP contribution in [0.1, 0.15) is 11.1 Å². The van der Waals surface area contributed by atoms with E-state index in [2.05, 4.69) is 4.52 Å². The molecule has 0 saturated heterocycles. The first-order valence-electron chi connectivity index (χ1n) is 3.65. The Morgan fingerprint density at radius 3 is 2.38 bits per heavy atom. The predicted molar refractivity (Wildman–Crippen MR) is 46.4 cm³/mol. The molecule has 0 atom stereocenters. The second-order valence-electron chi connectivity index (χ2n) is 2.77. The van der Waals surface area contributed by atoms with Gasteiger partial charge in [-0.2, -0.15) is 0 Å². The minimum Gasteiger partial charge on any atom is -0.398 e. The van der Waals surface area contributed by atoms with E-state index in [0.29, 0.717) is 5.56 Å². The summed E-state index contributed by atoms with van der Waals surface area (Å²) in [5, 5.41) is 0. The average molecular weight is 206 g/mol. The molecule has 0 saturated carbocycles. The zero-order valence-corrected chi connectivity index (χ0v) is 8.15. The topological polar surface area (TPSA) is 26.3 Å². The van der Waals surface area contributed by atoms with Crippen LogP contribution in [0.2, 0.25) is 0 Å². The molecular formula is C8H9F2O2P. The van der Waals surface area contributed by atoms with Gasteiger partial charge in [-0.1, -0.05) is 17.7 Å². The summed E-state index contributed by atoms with van der Waals surface area (Å²) in [6.45, 7) is 3.46. The Labute approximate surface area is 75.2 Å². The summed E-state index contributed by atoms with van der Waals surface area (Å²) >= 11 is 0. The molecule has 0 aliphatic heterocycles. The van der Waals surface area contributed by atoms with Gasteiger partial charge in [0.15, 0.2) is 0 Å². The van der Waals surface area contributed by atoms with Crippen molar-refractivity contribution >= 4 is 7.99 Å². The molecule has 13 heavy (non-hydrogen) atoms. The molecular weight excluding hydrogens is 197 g/mol. The van der Waals surface area contributed by atoms with Gasteiger partial charge in [-0.25, -0.2) is 4.57 Å². The Balaban J connectivity index is 2.97. The van der Waals surface area contributed by atoms with Crippen molar-refractivity contribution in [3.05, 3.63) is 29.3 Å². The lowest BCUT2D eigenvalue weighted by molar-refractivity contribution is 0.382. The summed E-state index contributed by atoms with van der Waals surface area (Å²) in [4.78, 5) is 0. The van der Waals surface area contributed by atoms with Crippen LogP contribution in [0.5, 0.6) is 5.75 Å². The molecule has 1 aromatic rings. The Hall–Kier alpha value is -0.890. The molecule has 72 valence electrons. The van der Waals surface area contributed by atoms with E-state index in [0.717, 1.165) is 5.56 Å². The smallest absolute Gasteiger partial charge is 0.398 e. The quantitative estimate of drug-likeness (QED) is 0.689. The maximum absolute atomic E-state index is 12.0. The standard InChI is InChI=1S/C8H9F2O2P/c1-6-3-4-8(7(2)5-6)12-13(9,10)11/h3-5H,1-2H3. The molecule has 0 aromatic heterocycles. The predicted octanol–water partition coefficient (Wildman–Crippen LogP) is 3.73. The zero-order chi connectivity index (χ0) is 10.1. The van der Waals surface area contributed by atoms with Crippen molar-refractivity contribution in [2.45, 2.75) is 13.8 Å². The largest absolute Gasteiger partial charge is 0.610 e. The SMILES string of the molecule is Cc1ccc(OP(=O)(F)F)c(C)c1. The third-order valence-corrected chi connectivity index (χ3v) is 1.94. The van der Waals surface area contributed by atoms with Crippen LogP contribution in [0.25, 0.3) is 0 Å². The fraction of sp³-hybridized carbons (Fsp3) is 0.250. The Morgan fingerprint density at radius 2 is 1.92 bits per heavy atom. The number of rotatable bonds is 2. The maximum Gasteiger partial charge on any atom is 0.610 e. The van der Waals surface area contributed by atoms with Gasteiger partial charge >= 0.3 is 7.99 Å². The van der Waals surface area contributed by atoms with E-state index in [1.807, 2.05) is 6.92 Å². The lowest BCUT2D eigenvalue weighted by Crippen LogP contribution is -1.87. The van der Waals surface area contributed by atoms with Crippen molar-refractivity contribution in [1.82, 2.24) is 0 Å². The van der Waals surface area contributed by atoms with Crippen molar-refractivity contribution in [3.63, 3.8) is 0 Å². The Kier molecular flexibility index (Phi) is 2.71. The van der Waals surface area contributed by atoms with Crippen LogP contribution in [0.3, 0.4) is 0 Å². The second-order valence-corrected chi connectivity index (χ2v) is 3.79. The van der Waals surface area contributed by atoms with Gasteiger partial charge in [-0.05, 0) is 25.5 Å². The van der Waals surface area contributed by atoms with Gasteiger partial charge in [0.25, 0.3) is 0 Å². The molecule has 5 heteroatoms. The Morgan fingerprint density at radius 1 is 1.31 bits per heavy atom. The zero-order valence-electron chi connectivity index (χ0n) is 7.25. The highest BCUT2D eigenvalue weighted by Gasteiger charge is 2.23. The summed E-state index contributed by atoms with van der Waals surface area (Å²) in [7, 11) is -5.43. The van der Waals surface area contributed by atoms with Gasteiger partial charge in [-0.3, -0.25) is 0 Å². The molecule has 0 spiro atoms. The summed E-state index contributed by atoms with van der Waals surface area (Å²) in [5.41, 5.74) is 1.49. The van der Waals surface area contributed by atoms with E-state index in [-0.39, 0.29) is 5.75 Å². The van der Waals surface area contributed by atoms with Crippen LogP contribution >= 0.6 is 7.99 Å². The van der Waals surface area contributed by atoms with Crippen LogP contribution in [0.15, 0.2) is 18.2 Å². The van der Waals surface area contributed by atoms with Crippen molar-refractivity contribution in [2.24, 2.45) is 0 Å². The molecule has 1 rings (SSSR count). The third-order valence-electron chi connectivity index (χ3n) is 1.54. The lowest BCUT2D eigenvalue weighted by atomic mass is 10.1. The highest BCUT2D eigenvalue weighted by molar-refractivity contribution is 7.48. The molecule has 0 aliphatic carbocycles. The molecule has 0 aliphatic rings. The molecule has 1 aromatic carbocycles. The summed E-state index contributed by atoms with van der Waals surface area (Å²) < 4.78 is 38.1. The van der Waals surface area contributed by atoms with E-state index < -0.39 is 7.99 Å². The molecule has 0 fully saturated rings. The van der Waals surface area contributed by atoms with E-state index >= 15 is 0 Å². The van der Waals surface area contributed by atoms with Crippen LogP contribution in [0.4, 0.5) is 8.39 Å². The Bertz CT molecular complexity index is 359. The molecule has 0 heterocycles. The first kappa shape index (κ1) is 10.2. The minimum atomic E-state index is -5.43. The van der Waals surface area contributed by atoms with E-state index in [1.54, 1.807) is 19.1 Å². The molecule has 0 amide bonds. The van der Waals surface area contributed by atoms with Gasteiger partial charge in [-0.15, -0.1) is 8.39 Å². The fourth-order valence-electron chi connectivity index (χ4n) is 1.02. The van der Waals surface area contributed by atoms with Gasteiger partial charge < -0.3 is 4.52 Å². The molecule has 2 nitrogen and oxygen atoms in total. The number of aryl methyl sites for hydroxylation is 2. The van der Waals surface area contributed by atoms with Gasteiger partial charge in [0.1, 0.15) is 5.75 Å². The van der Waals surface area contributed by atoms with Crippen molar-refractivity contribution in [3.8, 4) is 5.75 Å². The van der Waals surface area contributed by atoms with E-state index in [1.165, 1.54) is 6.07 Å². The molecule has 0 radical (unpaired) electrons. The summed E-state index contributed by atoms with van der Waals surface area (Å²) in [5.74, 6) is -0.0288. The van der Waals surface area contributed by atoms with Gasteiger partial charge in [0.2, 0.25) is 0 Å². The van der Waals surface area contributed by atoms with Crippen LogP contribution in [-0.4, -0.2) is 0 Å². The van der Waals surface area contributed by atoms with Crippen LogP contribution < -0.4 is 4.52 Å². The third kappa shape index (κ3) is 3.15. The van der Waals surface area contributed by atoms with E-state index in [9.17, 15) is 13.0 Å². The number of halogens is 2. The normalized spacial score (nSPS) is 11.4. The van der Waals surface area contributed by atoms with Crippen molar-refractivity contribution in [2.75, 3.05) is 0 Å². The van der Waals surface area contributed by atoms with E-state index in [4.69, 9.17) is 0 Å². The fourth-order valence-corrected chi connectivity index (χ4v) is 1.45. The average Bonchev–Trinajstić information content (AvgIpc) is 1.93. The van der Waals surface area contributed by atoms with Gasteiger partial charge in [0.05, 0.1) is 0 Å². The van der Waals surface area contributed by atoms with Crippen molar-refractivity contribution < 1.29 is 17.5 Å².